The molecule has 0 spiro atoms. The molecule has 0 saturated heterocycles. The molecular weight excluding hydrogens is 264 g/mol. The Balaban J connectivity index is 1.62. The first kappa shape index (κ1) is 15.3. The summed E-state index contributed by atoms with van der Waals surface area (Å²) in [5.74, 6) is 0.901. The molecule has 4 nitrogen and oxygen atoms in total. The first-order chi connectivity index (χ1) is 10.3. The Morgan fingerprint density at radius 1 is 1.05 bits per heavy atom. The smallest absolute Gasteiger partial charge is 0.168 e. The number of nitrogens with two attached hydrogens (primary N) is 1. The standard InChI is InChI=1S/C17H22N2O2/c18-14-15-7-8-16(13-17(15)20)21-12-6-2-5-11-19-9-3-1-4-10-19/h1,3-4,7-10,13H,2,5-6,11-12,14,18H2/p+1. The van der Waals surface area contributed by atoms with Crippen molar-refractivity contribution in [2.24, 2.45) is 5.73 Å². The Hall–Kier alpha value is -2.07. The van der Waals surface area contributed by atoms with E-state index in [0.29, 0.717) is 18.9 Å². The van der Waals surface area contributed by atoms with Gasteiger partial charge in [-0.15, -0.1) is 0 Å². The number of benzene rings is 1. The van der Waals surface area contributed by atoms with Gasteiger partial charge in [-0.3, -0.25) is 0 Å². The lowest BCUT2D eigenvalue weighted by molar-refractivity contribution is -0.697. The van der Waals surface area contributed by atoms with Gasteiger partial charge in [0.1, 0.15) is 18.0 Å². The van der Waals surface area contributed by atoms with Crippen molar-refractivity contribution in [3.8, 4) is 11.5 Å². The number of aromatic hydroxyl groups is 1. The van der Waals surface area contributed by atoms with Gasteiger partial charge in [-0.1, -0.05) is 12.1 Å². The Labute approximate surface area is 125 Å². The van der Waals surface area contributed by atoms with Crippen LogP contribution in [-0.4, -0.2) is 11.7 Å². The quantitative estimate of drug-likeness (QED) is 0.579. The van der Waals surface area contributed by atoms with Crippen molar-refractivity contribution in [1.29, 1.82) is 0 Å². The summed E-state index contributed by atoms with van der Waals surface area (Å²) in [5, 5.41) is 9.70. The van der Waals surface area contributed by atoms with Crippen LogP contribution in [0.15, 0.2) is 48.8 Å². The number of nitrogens with zero attached hydrogens (tertiary/aromatic N) is 1. The second kappa shape index (κ2) is 8.27. The molecule has 0 aliphatic heterocycles. The van der Waals surface area contributed by atoms with Gasteiger partial charge in [0, 0.05) is 36.7 Å². The lowest BCUT2D eigenvalue weighted by Crippen LogP contribution is -2.32. The molecule has 0 saturated carbocycles. The second-order valence-corrected chi connectivity index (χ2v) is 5.02. The predicted octanol–water partition coefficient (Wildman–Crippen LogP) is 2.39. The minimum absolute atomic E-state index is 0.204. The van der Waals surface area contributed by atoms with E-state index in [4.69, 9.17) is 10.5 Å². The van der Waals surface area contributed by atoms with Crippen molar-refractivity contribution in [3.63, 3.8) is 0 Å². The van der Waals surface area contributed by atoms with Crippen LogP contribution < -0.4 is 15.0 Å². The highest BCUT2D eigenvalue weighted by Crippen LogP contribution is 2.23. The molecule has 0 bridgehead atoms. The van der Waals surface area contributed by atoms with Crippen LogP contribution in [0.2, 0.25) is 0 Å². The molecule has 1 aromatic carbocycles. The third kappa shape index (κ3) is 5.08. The molecular formula is C17H23N2O2+. The molecule has 2 aromatic rings. The molecule has 2 rings (SSSR count). The summed E-state index contributed by atoms with van der Waals surface area (Å²) >= 11 is 0. The van der Waals surface area contributed by atoms with Gasteiger partial charge in [-0.05, 0) is 18.9 Å². The van der Waals surface area contributed by atoms with E-state index < -0.39 is 0 Å². The van der Waals surface area contributed by atoms with Crippen molar-refractivity contribution in [1.82, 2.24) is 0 Å². The van der Waals surface area contributed by atoms with Gasteiger partial charge in [0.15, 0.2) is 12.4 Å². The van der Waals surface area contributed by atoms with E-state index in [1.807, 2.05) is 24.3 Å². The fourth-order valence-electron chi connectivity index (χ4n) is 2.15. The summed E-state index contributed by atoms with van der Waals surface area (Å²) in [6, 6.07) is 11.4. The number of aryl methyl sites for hydroxylation is 1. The molecule has 0 atom stereocenters. The number of phenolic OH excluding ortho intramolecular Hbond substituents is 1. The van der Waals surface area contributed by atoms with E-state index in [2.05, 4.69) is 17.0 Å². The maximum absolute atomic E-state index is 9.70. The summed E-state index contributed by atoms with van der Waals surface area (Å²) < 4.78 is 7.82. The minimum atomic E-state index is 0.204. The molecule has 0 fully saturated rings. The zero-order chi connectivity index (χ0) is 14.9. The molecule has 0 aliphatic carbocycles. The number of hydrogen-bond donors (Lipinski definition) is 2. The normalized spacial score (nSPS) is 10.5. The van der Waals surface area contributed by atoms with Crippen molar-refractivity contribution < 1.29 is 14.4 Å². The maximum atomic E-state index is 9.70. The molecule has 0 radical (unpaired) electrons. The van der Waals surface area contributed by atoms with Crippen LogP contribution in [-0.2, 0) is 13.1 Å². The number of phenols is 1. The lowest BCUT2D eigenvalue weighted by atomic mass is 10.2. The number of unbranched alkanes of at least 4 members (excludes halogenated alkanes) is 2. The van der Waals surface area contributed by atoms with Crippen LogP contribution in [0.1, 0.15) is 24.8 Å². The van der Waals surface area contributed by atoms with Crippen LogP contribution in [0, 0.1) is 0 Å². The van der Waals surface area contributed by atoms with Gasteiger partial charge in [-0.2, -0.15) is 0 Å². The number of pyridine rings is 1. The Bertz CT molecular complexity index is 544. The van der Waals surface area contributed by atoms with Gasteiger partial charge in [0.05, 0.1) is 6.61 Å². The second-order valence-electron chi connectivity index (χ2n) is 5.02. The van der Waals surface area contributed by atoms with Crippen molar-refractivity contribution in [3.05, 3.63) is 54.4 Å². The maximum Gasteiger partial charge on any atom is 0.168 e. The summed E-state index contributed by atoms with van der Waals surface area (Å²) in [7, 11) is 0. The van der Waals surface area contributed by atoms with E-state index in [0.717, 1.165) is 31.4 Å². The molecule has 0 amide bonds. The van der Waals surface area contributed by atoms with Gasteiger partial charge in [0.2, 0.25) is 0 Å². The summed E-state index contributed by atoms with van der Waals surface area (Å²) in [6.07, 6.45) is 7.42. The van der Waals surface area contributed by atoms with E-state index >= 15 is 0 Å². The van der Waals surface area contributed by atoms with Crippen molar-refractivity contribution in [2.75, 3.05) is 6.61 Å². The van der Waals surface area contributed by atoms with E-state index in [-0.39, 0.29) is 5.75 Å². The Morgan fingerprint density at radius 3 is 2.57 bits per heavy atom. The molecule has 0 aliphatic rings. The molecule has 3 N–H and O–H groups in total. The van der Waals surface area contributed by atoms with Gasteiger partial charge in [-0.25, -0.2) is 4.57 Å². The largest absolute Gasteiger partial charge is 0.507 e. The minimum Gasteiger partial charge on any atom is -0.507 e. The Morgan fingerprint density at radius 2 is 1.86 bits per heavy atom. The van der Waals surface area contributed by atoms with Crippen LogP contribution in [0.5, 0.6) is 11.5 Å². The monoisotopic (exact) mass is 287 g/mol. The number of ether oxygens (including phenoxy) is 1. The first-order valence-corrected chi connectivity index (χ1v) is 7.38. The number of rotatable bonds is 8. The number of aromatic nitrogens is 1. The summed E-state index contributed by atoms with van der Waals surface area (Å²) in [4.78, 5) is 0. The third-order valence-corrected chi connectivity index (χ3v) is 3.38. The van der Waals surface area contributed by atoms with Gasteiger partial charge in [0.25, 0.3) is 0 Å². The van der Waals surface area contributed by atoms with Crippen LogP contribution >= 0.6 is 0 Å². The highest BCUT2D eigenvalue weighted by molar-refractivity contribution is 5.39. The fraction of sp³-hybridized carbons (Fsp3) is 0.353. The van der Waals surface area contributed by atoms with Gasteiger partial charge >= 0.3 is 0 Å². The fourth-order valence-corrected chi connectivity index (χ4v) is 2.15. The lowest BCUT2D eigenvalue weighted by Gasteiger charge is -2.08. The summed E-state index contributed by atoms with van der Waals surface area (Å²) in [6.45, 7) is 2.04. The molecule has 0 unspecified atom stereocenters. The third-order valence-electron chi connectivity index (χ3n) is 3.38. The Kier molecular flexibility index (Phi) is 6.03. The molecule has 21 heavy (non-hydrogen) atoms. The van der Waals surface area contributed by atoms with Crippen LogP contribution in [0.3, 0.4) is 0 Å². The highest BCUT2D eigenvalue weighted by atomic mass is 16.5. The summed E-state index contributed by atoms with van der Waals surface area (Å²) in [5.41, 5.74) is 6.24. The first-order valence-electron chi connectivity index (χ1n) is 7.38. The van der Waals surface area contributed by atoms with Crippen LogP contribution in [0.25, 0.3) is 0 Å². The predicted molar refractivity (Wildman–Crippen MR) is 82.0 cm³/mol. The zero-order valence-electron chi connectivity index (χ0n) is 12.2. The van der Waals surface area contributed by atoms with Crippen molar-refractivity contribution >= 4 is 0 Å². The average Bonchev–Trinajstić information content (AvgIpc) is 2.52. The van der Waals surface area contributed by atoms with E-state index in [1.165, 1.54) is 0 Å². The zero-order valence-corrected chi connectivity index (χ0v) is 12.2. The number of hydrogen-bond acceptors (Lipinski definition) is 3. The van der Waals surface area contributed by atoms with E-state index in [9.17, 15) is 5.11 Å². The highest BCUT2D eigenvalue weighted by Gasteiger charge is 2.02. The topological polar surface area (TPSA) is 59.4 Å². The molecule has 1 heterocycles. The van der Waals surface area contributed by atoms with E-state index in [1.54, 1.807) is 12.1 Å². The molecule has 4 heteroatoms. The SMILES string of the molecule is NCc1ccc(OCCCCC[n+]2ccccc2)cc1O. The molecule has 112 valence electrons. The molecule has 1 aromatic heterocycles. The average molecular weight is 287 g/mol. The van der Waals surface area contributed by atoms with Crippen molar-refractivity contribution in [2.45, 2.75) is 32.4 Å². The van der Waals surface area contributed by atoms with Crippen LogP contribution in [0.4, 0.5) is 0 Å². The van der Waals surface area contributed by atoms with Gasteiger partial charge < -0.3 is 15.6 Å².